The molecule has 0 aromatic heterocycles. The molecule has 4 rings (SSSR count). The number of hydrogen-bond donors (Lipinski definition) is 5. The molecule has 1 saturated heterocycles. The number of nitrogens with one attached hydrogen (secondary N) is 1. The Balaban J connectivity index is 1.61. The largest absolute Gasteiger partial charge is 0.394 e. The van der Waals surface area contributed by atoms with E-state index >= 15 is 0 Å². The monoisotopic (exact) mass is 414 g/mol. The molecule has 0 amide bonds. The molecular weight excluding hydrogens is 384 g/mol. The Kier molecular flexibility index (Phi) is 6.26. The number of aliphatic hydroxyl groups is 4. The third-order valence-electron chi connectivity index (χ3n) is 6.02. The summed E-state index contributed by atoms with van der Waals surface area (Å²) in [6.07, 6.45) is -3.50. The lowest BCUT2D eigenvalue weighted by Crippen LogP contribution is -2.55. The first-order valence-electron chi connectivity index (χ1n) is 10.6. The molecule has 2 aromatic rings. The van der Waals surface area contributed by atoms with Crippen molar-refractivity contribution >= 4 is 11.4 Å². The molecule has 30 heavy (non-hydrogen) atoms. The van der Waals surface area contributed by atoms with Gasteiger partial charge in [-0.1, -0.05) is 37.6 Å². The van der Waals surface area contributed by atoms with Gasteiger partial charge in [0.2, 0.25) is 0 Å². The van der Waals surface area contributed by atoms with Crippen LogP contribution in [0.5, 0.6) is 0 Å². The lowest BCUT2D eigenvalue weighted by molar-refractivity contribution is -0.231. The van der Waals surface area contributed by atoms with E-state index in [0.29, 0.717) is 5.56 Å². The molecule has 2 aliphatic rings. The number of rotatable bonds is 6. The van der Waals surface area contributed by atoms with Gasteiger partial charge in [0.05, 0.1) is 24.7 Å². The van der Waals surface area contributed by atoms with E-state index in [2.05, 4.69) is 35.3 Å². The van der Waals surface area contributed by atoms with Gasteiger partial charge < -0.3 is 35.4 Å². The molecule has 7 heteroatoms. The van der Waals surface area contributed by atoms with Crippen LogP contribution in [0.4, 0.5) is 11.4 Å². The van der Waals surface area contributed by atoms with Gasteiger partial charge >= 0.3 is 0 Å². The molecule has 7 nitrogen and oxygen atoms in total. The van der Waals surface area contributed by atoms with E-state index in [1.54, 1.807) is 0 Å². The van der Waals surface area contributed by atoms with E-state index in [4.69, 9.17) is 4.74 Å². The summed E-state index contributed by atoms with van der Waals surface area (Å²) in [5.41, 5.74) is 5.00. The number of aliphatic hydroxyl groups excluding tert-OH is 4. The number of ether oxygens (including phenoxy) is 1. The summed E-state index contributed by atoms with van der Waals surface area (Å²) in [5, 5.41) is 43.5. The Bertz CT molecular complexity index is 874. The van der Waals surface area contributed by atoms with E-state index < -0.39 is 37.1 Å². The Morgan fingerprint density at radius 2 is 1.83 bits per heavy atom. The van der Waals surface area contributed by atoms with Crippen LogP contribution < -0.4 is 10.2 Å². The number of nitrogens with zero attached hydrogens (tertiary/aromatic N) is 1. The zero-order valence-electron chi connectivity index (χ0n) is 17.1. The van der Waals surface area contributed by atoms with Gasteiger partial charge in [-0.2, -0.15) is 0 Å². The van der Waals surface area contributed by atoms with E-state index in [9.17, 15) is 20.4 Å². The van der Waals surface area contributed by atoms with Crippen LogP contribution in [-0.4, -0.2) is 64.7 Å². The van der Waals surface area contributed by atoms with Gasteiger partial charge in [0.25, 0.3) is 0 Å². The lowest BCUT2D eigenvalue weighted by atomic mass is 9.90. The molecule has 1 fully saturated rings. The summed E-state index contributed by atoms with van der Waals surface area (Å²) >= 11 is 0. The number of hydrogen-bond acceptors (Lipinski definition) is 7. The van der Waals surface area contributed by atoms with Crippen LogP contribution in [0.15, 0.2) is 42.5 Å². The van der Waals surface area contributed by atoms with Gasteiger partial charge in [-0.15, -0.1) is 0 Å². The summed E-state index contributed by atoms with van der Waals surface area (Å²) in [4.78, 5) is 2.34. The zero-order chi connectivity index (χ0) is 21.3. The average Bonchev–Trinajstić information content (AvgIpc) is 3.18. The van der Waals surface area contributed by atoms with Gasteiger partial charge in [-0.3, -0.25) is 0 Å². The maximum atomic E-state index is 10.4. The average molecular weight is 415 g/mol. The summed E-state index contributed by atoms with van der Waals surface area (Å²) in [6, 6.07) is 13.9. The van der Waals surface area contributed by atoms with Crippen LogP contribution in [0.2, 0.25) is 0 Å². The molecule has 0 saturated carbocycles. The van der Waals surface area contributed by atoms with E-state index in [0.717, 1.165) is 42.9 Å². The fourth-order valence-corrected chi connectivity index (χ4v) is 4.21. The molecule has 0 radical (unpaired) electrons. The highest BCUT2D eigenvalue weighted by molar-refractivity contribution is 5.81. The van der Waals surface area contributed by atoms with Crippen molar-refractivity contribution in [2.75, 3.05) is 30.0 Å². The lowest BCUT2D eigenvalue weighted by Gasteiger charge is -2.40. The first-order chi connectivity index (χ1) is 14.5. The second-order valence-electron chi connectivity index (χ2n) is 8.06. The first-order valence-corrected chi connectivity index (χ1v) is 10.6. The topological polar surface area (TPSA) is 105 Å². The molecule has 0 bridgehead atoms. The van der Waals surface area contributed by atoms with Gasteiger partial charge in [0, 0.05) is 6.54 Å². The molecule has 162 valence electrons. The quantitative estimate of drug-likeness (QED) is 0.491. The van der Waals surface area contributed by atoms with Gasteiger partial charge in [0.15, 0.2) is 0 Å². The van der Waals surface area contributed by atoms with E-state index in [1.165, 1.54) is 5.69 Å². The smallest absolute Gasteiger partial charge is 0.113 e. The maximum absolute atomic E-state index is 10.4. The number of unbranched alkanes of at least 4 members (excludes halogenated alkanes) is 1. The van der Waals surface area contributed by atoms with Crippen LogP contribution in [0, 0.1) is 0 Å². The highest BCUT2D eigenvalue weighted by Gasteiger charge is 2.43. The standard InChI is InChI=1S/C23H30N2O5/c1-2-3-9-25-13-24-17-8-7-15(11-18(17)25)14-5-4-6-16(10-14)23-22(29)21(28)20(27)19(12-26)30-23/h4-8,10-11,19-24,26-29H,2-3,9,12-13H2,1H3/t19-,20-,21+,22+,23-/m1/s1. The van der Waals surface area contributed by atoms with Crippen LogP contribution >= 0.6 is 0 Å². The minimum absolute atomic E-state index is 0.438. The summed E-state index contributed by atoms with van der Waals surface area (Å²) in [6.45, 7) is 3.56. The van der Waals surface area contributed by atoms with Crippen molar-refractivity contribution in [2.24, 2.45) is 0 Å². The first kappa shape index (κ1) is 21.1. The third kappa shape index (κ3) is 3.91. The van der Waals surface area contributed by atoms with Gasteiger partial charge in [-0.25, -0.2) is 0 Å². The Labute approximate surface area is 176 Å². The predicted molar refractivity (Wildman–Crippen MR) is 115 cm³/mol. The zero-order valence-corrected chi connectivity index (χ0v) is 17.1. The number of benzene rings is 2. The second kappa shape index (κ2) is 8.91. The van der Waals surface area contributed by atoms with Crippen molar-refractivity contribution in [3.05, 3.63) is 48.0 Å². The van der Waals surface area contributed by atoms with Crippen molar-refractivity contribution in [3.63, 3.8) is 0 Å². The SMILES string of the molecule is CCCCN1CNc2ccc(-c3cccc([C@H]4O[C@H](CO)[C@@H](O)[C@H](O)[C@@H]4O)c3)cc21. The Hall–Kier alpha value is -2.16. The third-order valence-corrected chi connectivity index (χ3v) is 6.02. The highest BCUT2D eigenvalue weighted by atomic mass is 16.5. The molecule has 0 unspecified atom stereocenters. The maximum Gasteiger partial charge on any atom is 0.113 e. The number of anilines is 2. The molecule has 0 spiro atoms. The van der Waals surface area contributed by atoms with Crippen molar-refractivity contribution in [2.45, 2.75) is 50.3 Å². The van der Waals surface area contributed by atoms with E-state index in [1.807, 2.05) is 24.3 Å². The molecule has 2 aliphatic heterocycles. The van der Waals surface area contributed by atoms with Crippen molar-refractivity contribution < 1.29 is 25.2 Å². The summed E-state index contributed by atoms with van der Waals surface area (Å²) < 4.78 is 5.71. The predicted octanol–water partition coefficient (Wildman–Crippen LogP) is 1.86. The van der Waals surface area contributed by atoms with E-state index in [-0.39, 0.29) is 0 Å². The fraction of sp³-hybridized carbons (Fsp3) is 0.478. The summed E-state index contributed by atoms with van der Waals surface area (Å²) in [5.74, 6) is 0. The number of fused-ring (bicyclic) bond motifs is 1. The molecular formula is C23H30N2O5. The van der Waals surface area contributed by atoms with Gasteiger partial charge in [0.1, 0.15) is 30.5 Å². The van der Waals surface area contributed by atoms with Crippen molar-refractivity contribution in [1.82, 2.24) is 0 Å². The van der Waals surface area contributed by atoms with Gasteiger partial charge in [-0.05, 0) is 41.3 Å². The van der Waals surface area contributed by atoms with Crippen molar-refractivity contribution in [3.8, 4) is 11.1 Å². The van der Waals surface area contributed by atoms with Crippen molar-refractivity contribution in [1.29, 1.82) is 0 Å². The van der Waals surface area contributed by atoms with Crippen LogP contribution in [0.1, 0.15) is 31.4 Å². The Morgan fingerprint density at radius 3 is 2.60 bits per heavy atom. The molecule has 2 heterocycles. The molecule has 0 aliphatic carbocycles. The minimum Gasteiger partial charge on any atom is -0.394 e. The Morgan fingerprint density at radius 1 is 1.03 bits per heavy atom. The van der Waals surface area contributed by atoms with Crippen LogP contribution in [0.3, 0.4) is 0 Å². The fourth-order valence-electron chi connectivity index (χ4n) is 4.21. The molecule has 5 atom stereocenters. The van der Waals surface area contributed by atoms with Crippen LogP contribution in [0.25, 0.3) is 11.1 Å². The molecule has 5 N–H and O–H groups in total. The minimum atomic E-state index is -1.39. The second-order valence-corrected chi connectivity index (χ2v) is 8.06. The van der Waals surface area contributed by atoms with Crippen LogP contribution in [-0.2, 0) is 4.74 Å². The molecule has 2 aromatic carbocycles. The summed E-state index contributed by atoms with van der Waals surface area (Å²) in [7, 11) is 0. The normalized spacial score (nSPS) is 28.3. The highest BCUT2D eigenvalue weighted by Crippen LogP contribution is 2.38.